The molecule has 0 fully saturated rings. The third-order valence-electron chi connectivity index (χ3n) is 2.25. The number of carboxylic acids is 1. The van der Waals surface area contributed by atoms with Crippen LogP contribution in [0.2, 0.25) is 5.02 Å². The van der Waals surface area contributed by atoms with Crippen molar-refractivity contribution in [1.29, 1.82) is 0 Å². The standard InChI is InChI=1S/C12H16ClNO3.ClH/c13-10-8-9(14)5-6-11(10)17-7-3-1-2-4-12(15)16;/h5-6,8H,1-4,7,14H2,(H,15,16);1H. The Hall–Kier alpha value is -1.13. The summed E-state index contributed by atoms with van der Waals surface area (Å²) < 4.78 is 5.46. The van der Waals surface area contributed by atoms with Crippen molar-refractivity contribution in [3.05, 3.63) is 23.2 Å². The summed E-state index contributed by atoms with van der Waals surface area (Å²) in [5.41, 5.74) is 6.16. The summed E-state index contributed by atoms with van der Waals surface area (Å²) in [5, 5.41) is 8.95. The Bertz CT molecular complexity index is 386. The number of carboxylic acid groups (broad SMARTS) is 1. The average Bonchev–Trinajstić information content (AvgIpc) is 2.25. The number of nitrogens with two attached hydrogens (primary N) is 1. The molecule has 0 aromatic heterocycles. The van der Waals surface area contributed by atoms with Crippen molar-refractivity contribution in [1.82, 2.24) is 0 Å². The second-order valence-electron chi connectivity index (χ2n) is 3.74. The lowest BCUT2D eigenvalue weighted by atomic mass is 10.2. The second kappa shape index (κ2) is 8.89. The molecule has 0 heterocycles. The number of hydrogen-bond acceptors (Lipinski definition) is 3. The van der Waals surface area contributed by atoms with Crippen LogP contribution in [-0.2, 0) is 4.79 Å². The molecule has 0 saturated carbocycles. The maximum atomic E-state index is 10.3. The van der Waals surface area contributed by atoms with E-state index in [9.17, 15) is 4.79 Å². The molecule has 18 heavy (non-hydrogen) atoms. The average molecular weight is 294 g/mol. The van der Waals surface area contributed by atoms with Crippen molar-refractivity contribution in [2.75, 3.05) is 12.3 Å². The summed E-state index contributed by atoms with van der Waals surface area (Å²) in [6.45, 7) is 0.531. The fourth-order valence-corrected chi connectivity index (χ4v) is 1.61. The van der Waals surface area contributed by atoms with Crippen LogP contribution >= 0.6 is 24.0 Å². The van der Waals surface area contributed by atoms with Crippen molar-refractivity contribution in [3.63, 3.8) is 0 Å². The van der Waals surface area contributed by atoms with E-state index in [2.05, 4.69) is 0 Å². The first-order valence-corrected chi connectivity index (χ1v) is 5.87. The van der Waals surface area contributed by atoms with Gasteiger partial charge in [0.1, 0.15) is 5.75 Å². The van der Waals surface area contributed by atoms with Crippen molar-refractivity contribution in [3.8, 4) is 5.75 Å². The first-order valence-electron chi connectivity index (χ1n) is 5.49. The van der Waals surface area contributed by atoms with Crippen LogP contribution in [0.4, 0.5) is 5.69 Å². The molecule has 1 aromatic carbocycles. The molecule has 0 aliphatic heterocycles. The number of hydrogen-bond donors (Lipinski definition) is 2. The maximum absolute atomic E-state index is 10.3. The Balaban J connectivity index is 0.00000289. The molecule has 0 aliphatic carbocycles. The molecular formula is C12H17Cl2NO3. The number of halogens is 2. The van der Waals surface area contributed by atoms with Crippen LogP contribution in [0.5, 0.6) is 5.75 Å². The van der Waals surface area contributed by atoms with Crippen LogP contribution in [0.3, 0.4) is 0 Å². The van der Waals surface area contributed by atoms with E-state index in [-0.39, 0.29) is 18.8 Å². The summed E-state index contributed by atoms with van der Waals surface area (Å²) in [6, 6.07) is 5.10. The molecule has 102 valence electrons. The van der Waals surface area contributed by atoms with Gasteiger partial charge in [0.05, 0.1) is 11.6 Å². The van der Waals surface area contributed by atoms with Crippen LogP contribution < -0.4 is 10.5 Å². The predicted molar refractivity (Wildman–Crippen MR) is 74.7 cm³/mol. The number of unbranched alkanes of at least 4 members (excludes halogenated alkanes) is 2. The largest absolute Gasteiger partial charge is 0.492 e. The molecule has 0 radical (unpaired) electrons. The van der Waals surface area contributed by atoms with Crippen LogP contribution in [0.25, 0.3) is 0 Å². The van der Waals surface area contributed by atoms with Crippen molar-refractivity contribution >= 4 is 35.7 Å². The third kappa shape index (κ3) is 6.57. The van der Waals surface area contributed by atoms with Crippen LogP contribution in [0.1, 0.15) is 25.7 Å². The maximum Gasteiger partial charge on any atom is 0.303 e. The minimum Gasteiger partial charge on any atom is -0.492 e. The topological polar surface area (TPSA) is 72.5 Å². The number of rotatable bonds is 7. The zero-order valence-corrected chi connectivity index (χ0v) is 11.5. The van der Waals surface area contributed by atoms with Gasteiger partial charge in [-0.2, -0.15) is 0 Å². The van der Waals surface area contributed by atoms with Gasteiger partial charge in [-0.3, -0.25) is 4.79 Å². The van der Waals surface area contributed by atoms with Crippen LogP contribution in [0.15, 0.2) is 18.2 Å². The van der Waals surface area contributed by atoms with E-state index < -0.39 is 5.97 Å². The van der Waals surface area contributed by atoms with Gasteiger partial charge in [-0.05, 0) is 37.5 Å². The highest BCUT2D eigenvalue weighted by atomic mass is 35.5. The summed E-state index contributed by atoms with van der Waals surface area (Å²) in [6.07, 6.45) is 2.53. The van der Waals surface area contributed by atoms with E-state index in [0.29, 0.717) is 29.5 Å². The Morgan fingerprint density at radius 3 is 2.67 bits per heavy atom. The minimum absolute atomic E-state index is 0. The van der Waals surface area contributed by atoms with E-state index in [1.165, 1.54) is 0 Å². The number of benzene rings is 1. The van der Waals surface area contributed by atoms with Gasteiger partial charge in [-0.25, -0.2) is 0 Å². The van der Waals surface area contributed by atoms with E-state index in [4.69, 9.17) is 27.2 Å². The molecule has 1 aromatic rings. The highest BCUT2D eigenvalue weighted by molar-refractivity contribution is 6.32. The first-order chi connectivity index (χ1) is 8.09. The number of ether oxygens (including phenoxy) is 1. The zero-order valence-electron chi connectivity index (χ0n) is 9.89. The van der Waals surface area contributed by atoms with Gasteiger partial charge in [0.25, 0.3) is 0 Å². The molecule has 1 rings (SSSR count). The predicted octanol–water partition coefficient (Wildman–Crippen LogP) is 3.37. The van der Waals surface area contributed by atoms with Crippen molar-refractivity contribution < 1.29 is 14.6 Å². The Morgan fingerprint density at radius 1 is 1.33 bits per heavy atom. The van der Waals surface area contributed by atoms with E-state index in [1.807, 2.05) is 0 Å². The van der Waals surface area contributed by atoms with Gasteiger partial charge in [-0.1, -0.05) is 11.6 Å². The lowest BCUT2D eigenvalue weighted by Crippen LogP contribution is -1.99. The van der Waals surface area contributed by atoms with Crippen LogP contribution in [0, 0.1) is 0 Å². The zero-order chi connectivity index (χ0) is 12.7. The quantitative estimate of drug-likeness (QED) is 0.597. The Morgan fingerprint density at radius 2 is 2.06 bits per heavy atom. The summed E-state index contributed by atoms with van der Waals surface area (Å²) >= 11 is 5.93. The fourth-order valence-electron chi connectivity index (χ4n) is 1.37. The van der Waals surface area contributed by atoms with Gasteiger partial charge in [-0.15, -0.1) is 12.4 Å². The second-order valence-corrected chi connectivity index (χ2v) is 4.15. The Labute approximate surface area is 117 Å². The molecule has 0 saturated heterocycles. The molecule has 0 unspecified atom stereocenters. The summed E-state index contributed by atoms with van der Waals surface area (Å²) in [5.74, 6) is -0.147. The lowest BCUT2D eigenvalue weighted by molar-refractivity contribution is -0.137. The molecule has 4 nitrogen and oxygen atoms in total. The van der Waals surface area contributed by atoms with Crippen molar-refractivity contribution in [2.24, 2.45) is 0 Å². The molecule has 0 bridgehead atoms. The van der Waals surface area contributed by atoms with Gasteiger partial charge in [0, 0.05) is 12.1 Å². The Kier molecular flexibility index (Phi) is 8.33. The molecule has 0 amide bonds. The molecule has 3 N–H and O–H groups in total. The number of nitrogen functional groups attached to an aromatic ring is 1. The number of anilines is 1. The van der Waals surface area contributed by atoms with E-state index >= 15 is 0 Å². The van der Waals surface area contributed by atoms with Gasteiger partial charge in [0.15, 0.2) is 0 Å². The first kappa shape index (κ1) is 16.9. The number of carbonyl (C=O) groups is 1. The third-order valence-corrected chi connectivity index (χ3v) is 2.54. The summed E-state index contributed by atoms with van der Waals surface area (Å²) in [4.78, 5) is 10.3. The molecule has 6 heteroatoms. The fraction of sp³-hybridized carbons (Fsp3) is 0.417. The van der Waals surface area contributed by atoms with Gasteiger partial charge >= 0.3 is 5.97 Å². The SMILES string of the molecule is Cl.Nc1ccc(OCCCCCC(=O)O)c(Cl)c1. The molecule has 0 spiro atoms. The highest BCUT2D eigenvalue weighted by Crippen LogP contribution is 2.26. The van der Waals surface area contributed by atoms with Crippen molar-refractivity contribution in [2.45, 2.75) is 25.7 Å². The molecule has 0 atom stereocenters. The minimum atomic E-state index is -0.757. The lowest BCUT2D eigenvalue weighted by Gasteiger charge is -2.08. The highest BCUT2D eigenvalue weighted by Gasteiger charge is 2.02. The number of aliphatic carboxylic acids is 1. The molecule has 0 aliphatic rings. The van der Waals surface area contributed by atoms with E-state index in [0.717, 1.165) is 12.8 Å². The van der Waals surface area contributed by atoms with Crippen LogP contribution in [-0.4, -0.2) is 17.7 Å². The van der Waals surface area contributed by atoms with E-state index in [1.54, 1.807) is 18.2 Å². The molecular weight excluding hydrogens is 277 g/mol. The smallest absolute Gasteiger partial charge is 0.303 e. The van der Waals surface area contributed by atoms with Gasteiger partial charge in [0.2, 0.25) is 0 Å². The van der Waals surface area contributed by atoms with Gasteiger partial charge < -0.3 is 15.6 Å². The normalized spacial score (nSPS) is 9.61. The summed E-state index contributed by atoms with van der Waals surface area (Å²) in [7, 11) is 0. The monoisotopic (exact) mass is 293 g/mol.